The van der Waals surface area contributed by atoms with Gasteiger partial charge in [0.15, 0.2) is 0 Å². The fraction of sp³-hybridized carbons (Fsp3) is 0.591. The lowest BCUT2D eigenvalue weighted by Gasteiger charge is -2.41. The van der Waals surface area contributed by atoms with E-state index in [4.69, 9.17) is 0 Å². The third-order valence-corrected chi connectivity index (χ3v) is 6.20. The van der Waals surface area contributed by atoms with Crippen LogP contribution < -0.4 is 15.5 Å². The Hall–Kier alpha value is -1.65. The van der Waals surface area contributed by atoms with Gasteiger partial charge < -0.3 is 15.5 Å². The minimum atomic E-state index is 0.698. The van der Waals surface area contributed by atoms with Crippen molar-refractivity contribution in [3.63, 3.8) is 0 Å². The van der Waals surface area contributed by atoms with Crippen molar-refractivity contribution in [3.8, 4) is 0 Å². The summed E-state index contributed by atoms with van der Waals surface area (Å²) < 4.78 is 0. The molecule has 1 aromatic heterocycles. The smallest absolute Gasteiger partial charge is 0.0452 e. The lowest BCUT2D eigenvalue weighted by molar-refractivity contribution is 0.329. The number of hydrogen-bond acceptors (Lipinski definition) is 4. The highest BCUT2D eigenvalue weighted by atomic mass is 15.2. The van der Waals surface area contributed by atoms with E-state index in [1.807, 2.05) is 13.2 Å². The van der Waals surface area contributed by atoms with Gasteiger partial charge in [0.2, 0.25) is 0 Å². The number of rotatable bonds is 7. The van der Waals surface area contributed by atoms with Crippen molar-refractivity contribution >= 4 is 16.5 Å². The van der Waals surface area contributed by atoms with Crippen LogP contribution in [0.25, 0.3) is 10.8 Å². The summed E-state index contributed by atoms with van der Waals surface area (Å²) in [6.07, 6.45) is 13.0. The maximum absolute atomic E-state index is 4.42. The van der Waals surface area contributed by atoms with Crippen LogP contribution in [-0.2, 0) is 6.42 Å². The van der Waals surface area contributed by atoms with Crippen LogP contribution >= 0.6 is 0 Å². The molecule has 2 N–H and O–H groups in total. The zero-order valence-corrected chi connectivity index (χ0v) is 16.0. The van der Waals surface area contributed by atoms with Crippen LogP contribution in [0.15, 0.2) is 30.6 Å². The quantitative estimate of drug-likeness (QED) is 0.748. The van der Waals surface area contributed by atoms with Gasteiger partial charge in [0.05, 0.1) is 0 Å². The van der Waals surface area contributed by atoms with E-state index in [1.54, 1.807) is 0 Å². The fourth-order valence-electron chi connectivity index (χ4n) is 4.78. The van der Waals surface area contributed by atoms with E-state index in [0.717, 1.165) is 25.6 Å². The average molecular weight is 353 g/mol. The largest absolute Gasteiger partial charge is 0.368 e. The van der Waals surface area contributed by atoms with Gasteiger partial charge in [0.25, 0.3) is 0 Å². The molecule has 2 aliphatic rings. The second-order valence-electron chi connectivity index (χ2n) is 7.89. The molecule has 1 aliphatic carbocycles. The van der Waals surface area contributed by atoms with Crippen molar-refractivity contribution in [3.05, 3.63) is 36.2 Å². The monoisotopic (exact) mass is 352 g/mol. The van der Waals surface area contributed by atoms with E-state index >= 15 is 0 Å². The van der Waals surface area contributed by atoms with E-state index in [9.17, 15) is 0 Å². The Balaban J connectivity index is 1.36. The van der Waals surface area contributed by atoms with Crippen molar-refractivity contribution in [2.75, 3.05) is 31.6 Å². The highest BCUT2D eigenvalue weighted by molar-refractivity contribution is 5.97. The van der Waals surface area contributed by atoms with Crippen LogP contribution in [-0.4, -0.2) is 43.7 Å². The van der Waals surface area contributed by atoms with Crippen LogP contribution in [0.1, 0.15) is 44.1 Å². The van der Waals surface area contributed by atoms with Gasteiger partial charge in [-0.1, -0.05) is 12.1 Å². The third-order valence-electron chi connectivity index (χ3n) is 6.20. The molecule has 4 rings (SSSR count). The number of pyridine rings is 1. The molecule has 0 atom stereocenters. The lowest BCUT2D eigenvalue weighted by atomic mass is 9.88. The number of aromatic nitrogens is 1. The van der Waals surface area contributed by atoms with Crippen molar-refractivity contribution in [1.29, 1.82) is 0 Å². The zero-order valence-electron chi connectivity index (χ0n) is 16.0. The second-order valence-corrected chi connectivity index (χ2v) is 7.89. The summed E-state index contributed by atoms with van der Waals surface area (Å²) in [5.74, 6) is 0. The summed E-state index contributed by atoms with van der Waals surface area (Å²) in [7, 11) is 2.03. The van der Waals surface area contributed by atoms with Gasteiger partial charge in [-0.3, -0.25) is 4.98 Å². The van der Waals surface area contributed by atoms with E-state index in [0.29, 0.717) is 6.04 Å². The molecule has 1 aromatic carbocycles. The van der Waals surface area contributed by atoms with E-state index in [2.05, 4.69) is 44.9 Å². The molecule has 1 saturated carbocycles. The molecular formula is C22H32N4. The highest BCUT2D eigenvalue weighted by Crippen LogP contribution is 2.37. The molecule has 1 aliphatic heterocycles. The molecule has 2 aromatic rings. The molecule has 1 fully saturated rings. The SMILES string of the molecule is CNCCCCNC1CCC(N2CCc3cncc4cccc2c34)CC1. The zero-order chi connectivity index (χ0) is 17.8. The van der Waals surface area contributed by atoms with Gasteiger partial charge >= 0.3 is 0 Å². The van der Waals surface area contributed by atoms with Gasteiger partial charge in [-0.2, -0.15) is 0 Å². The molecule has 4 nitrogen and oxygen atoms in total. The number of anilines is 1. The van der Waals surface area contributed by atoms with Gasteiger partial charge in [0, 0.05) is 47.5 Å². The minimum absolute atomic E-state index is 0.698. The van der Waals surface area contributed by atoms with Crippen LogP contribution in [0.4, 0.5) is 5.69 Å². The van der Waals surface area contributed by atoms with Gasteiger partial charge in [-0.05, 0) is 76.7 Å². The Morgan fingerprint density at radius 3 is 2.77 bits per heavy atom. The molecule has 0 saturated heterocycles. The van der Waals surface area contributed by atoms with Gasteiger partial charge in [-0.15, -0.1) is 0 Å². The molecular weight excluding hydrogens is 320 g/mol. The summed E-state index contributed by atoms with van der Waals surface area (Å²) in [6, 6.07) is 8.13. The molecule has 0 unspecified atom stereocenters. The summed E-state index contributed by atoms with van der Waals surface area (Å²) in [6.45, 7) is 3.44. The first-order valence-corrected chi connectivity index (χ1v) is 10.4. The Kier molecular flexibility index (Phi) is 5.71. The predicted molar refractivity (Wildman–Crippen MR) is 110 cm³/mol. The standard InChI is InChI=1S/C22H32N4/c1-23-12-2-3-13-25-19-7-9-20(10-8-19)26-14-11-18-16-24-15-17-5-4-6-21(26)22(17)18/h4-6,15-16,19-20,23,25H,2-3,7-14H2,1H3. The molecule has 0 amide bonds. The Morgan fingerprint density at radius 1 is 1.08 bits per heavy atom. The van der Waals surface area contributed by atoms with Crippen molar-refractivity contribution in [2.45, 2.75) is 57.0 Å². The van der Waals surface area contributed by atoms with E-state index in [1.165, 1.54) is 67.1 Å². The number of benzene rings is 1. The van der Waals surface area contributed by atoms with Crippen molar-refractivity contribution in [1.82, 2.24) is 15.6 Å². The molecule has 0 bridgehead atoms. The molecule has 0 radical (unpaired) electrons. The lowest BCUT2D eigenvalue weighted by Crippen LogP contribution is -2.44. The van der Waals surface area contributed by atoms with Crippen LogP contribution in [0.5, 0.6) is 0 Å². The van der Waals surface area contributed by atoms with Crippen LogP contribution in [0.3, 0.4) is 0 Å². The maximum Gasteiger partial charge on any atom is 0.0452 e. The van der Waals surface area contributed by atoms with Gasteiger partial charge in [0.1, 0.15) is 0 Å². The number of nitrogens with zero attached hydrogens (tertiary/aromatic N) is 2. The number of unbranched alkanes of at least 4 members (excludes halogenated alkanes) is 1. The third kappa shape index (κ3) is 3.72. The summed E-state index contributed by atoms with van der Waals surface area (Å²) in [4.78, 5) is 7.12. The van der Waals surface area contributed by atoms with E-state index in [-0.39, 0.29) is 0 Å². The Labute approximate surface area is 157 Å². The molecule has 0 spiro atoms. The molecule has 26 heavy (non-hydrogen) atoms. The number of hydrogen-bond donors (Lipinski definition) is 2. The summed E-state index contributed by atoms with van der Waals surface area (Å²) in [5, 5.41) is 9.75. The normalized spacial score (nSPS) is 22.7. The number of nitrogens with one attached hydrogen (secondary N) is 2. The van der Waals surface area contributed by atoms with Crippen LogP contribution in [0.2, 0.25) is 0 Å². The van der Waals surface area contributed by atoms with Crippen molar-refractivity contribution in [2.24, 2.45) is 0 Å². The fourth-order valence-corrected chi connectivity index (χ4v) is 4.78. The Bertz CT molecular complexity index is 716. The summed E-state index contributed by atoms with van der Waals surface area (Å²) >= 11 is 0. The first-order chi connectivity index (χ1) is 12.9. The topological polar surface area (TPSA) is 40.2 Å². The first kappa shape index (κ1) is 17.7. The second kappa shape index (κ2) is 8.36. The highest BCUT2D eigenvalue weighted by Gasteiger charge is 2.29. The maximum atomic E-state index is 4.42. The Morgan fingerprint density at radius 2 is 1.92 bits per heavy atom. The van der Waals surface area contributed by atoms with E-state index < -0.39 is 0 Å². The minimum Gasteiger partial charge on any atom is -0.368 e. The van der Waals surface area contributed by atoms with Crippen LogP contribution in [0, 0.1) is 0 Å². The van der Waals surface area contributed by atoms with Crippen molar-refractivity contribution < 1.29 is 0 Å². The first-order valence-electron chi connectivity index (χ1n) is 10.4. The molecule has 4 heteroatoms. The predicted octanol–water partition coefficient (Wildman–Crippen LogP) is 3.50. The summed E-state index contributed by atoms with van der Waals surface area (Å²) in [5.41, 5.74) is 2.86. The molecule has 140 valence electrons. The average Bonchev–Trinajstić information content (AvgIpc) is 2.69. The molecule has 2 heterocycles. The van der Waals surface area contributed by atoms with Gasteiger partial charge in [-0.25, -0.2) is 0 Å².